The summed E-state index contributed by atoms with van der Waals surface area (Å²) in [6.07, 6.45) is 0. The number of methoxy groups -OCH3 is 1. The highest BCUT2D eigenvalue weighted by molar-refractivity contribution is 7.80. The summed E-state index contributed by atoms with van der Waals surface area (Å²) < 4.78 is 34.9. The third kappa shape index (κ3) is 5.53. The van der Waals surface area contributed by atoms with Crippen molar-refractivity contribution in [1.29, 1.82) is 0 Å². The smallest absolute Gasteiger partial charge is 0.387 e. The molecule has 8 heteroatoms. The minimum Gasteiger partial charge on any atom is -0.497 e. The average Bonchev–Trinajstić information content (AvgIpc) is 2.70. The number of nitrogens with zero attached hydrogens (tertiary/aromatic N) is 2. The van der Waals surface area contributed by atoms with Gasteiger partial charge >= 0.3 is 6.61 Å². The van der Waals surface area contributed by atoms with Gasteiger partial charge in [0, 0.05) is 32.7 Å². The van der Waals surface area contributed by atoms with E-state index >= 15 is 0 Å². The maximum atomic E-state index is 12.6. The molecule has 0 unspecified atom stereocenters. The Bertz CT molecular complexity index is 799. The highest BCUT2D eigenvalue weighted by Gasteiger charge is 2.20. The van der Waals surface area contributed by atoms with E-state index in [0.717, 1.165) is 38.5 Å². The lowest BCUT2D eigenvalue weighted by Crippen LogP contribution is -2.49. The fourth-order valence-corrected chi connectivity index (χ4v) is 3.39. The molecule has 1 saturated heterocycles. The number of nitrogens with one attached hydrogen (secondary N) is 1. The van der Waals surface area contributed by atoms with Crippen LogP contribution < -0.4 is 14.8 Å². The molecule has 0 aliphatic carbocycles. The maximum absolute atomic E-state index is 12.6. The Morgan fingerprint density at radius 1 is 1.11 bits per heavy atom. The van der Waals surface area contributed by atoms with E-state index in [2.05, 4.69) is 21.0 Å². The monoisotopic (exact) mass is 407 g/mol. The number of halogens is 2. The van der Waals surface area contributed by atoms with Crippen LogP contribution in [0, 0.1) is 0 Å². The fourth-order valence-electron chi connectivity index (χ4n) is 3.10. The van der Waals surface area contributed by atoms with Gasteiger partial charge in [0.1, 0.15) is 11.5 Å². The van der Waals surface area contributed by atoms with Crippen LogP contribution in [0.5, 0.6) is 11.5 Å². The summed E-state index contributed by atoms with van der Waals surface area (Å²) in [6, 6.07) is 14.6. The molecular weight excluding hydrogens is 384 g/mol. The van der Waals surface area contributed by atoms with E-state index in [1.54, 1.807) is 25.3 Å². The molecule has 0 radical (unpaired) electrons. The van der Waals surface area contributed by atoms with Crippen LogP contribution in [0.2, 0.25) is 0 Å². The number of para-hydroxylation sites is 2. The van der Waals surface area contributed by atoms with Crippen LogP contribution in [-0.4, -0.2) is 54.8 Å². The second-order valence-electron chi connectivity index (χ2n) is 6.42. The van der Waals surface area contributed by atoms with Gasteiger partial charge in [0.15, 0.2) is 5.11 Å². The Balaban J connectivity index is 1.53. The van der Waals surface area contributed by atoms with Crippen LogP contribution in [-0.2, 0) is 6.54 Å². The van der Waals surface area contributed by atoms with Crippen LogP contribution in [0.15, 0.2) is 48.5 Å². The highest BCUT2D eigenvalue weighted by Crippen LogP contribution is 2.26. The number of benzene rings is 2. The first-order chi connectivity index (χ1) is 13.5. The number of alkyl halides is 2. The lowest BCUT2D eigenvalue weighted by molar-refractivity contribution is -0.0493. The molecule has 1 fully saturated rings. The van der Waals surface area contributed by atoms with E-state index in [1.807, 2.05) is 23.1 Å². The van der Waals surface area contributed by atoms with Crippen molar-refractivity contribution >= 4 is 23.0 Å². The van der Waals surface area contributed by atoms with Crippen molar-refractivity contribution in [2.75, 3.05) is 38.6 Å². The topological polar surface area (TPSA) is 37.0 Å². The lowest BCUT2D eigenvalue weighted by atomic mass is 10.2. The van der Waals surface area contributed by atoms with E-state index < -0.39 is 6.61 Å². The quantitative estimate of drug-likeness (QED) is 0.734. The predicted octanol–water partition coefficient (Wildman–Crippen LogP) is 3.81. The number of anilines is 1. The van der Waals surface area contributed by atoms with Crippen molar-refractivity contribution in [2.45, 2.75) is 13.2 Å². The number of hydrogen-bond donors (Lipinski definition) is 1. The molecule has 0 spiro atoms. The number of hydrogen-bond acceptors (Lipinski definition) is 4. The molecule has 0 saturated carbocycles. The maximum Gasteiger partial charge on any atom is 0.387 e. The minimum atomic E-state index is -2.88. The Morgan fingerprint density at radius 2 is 1.86 bits per heavy atom. The summed E-state index contributed by atoms with van der Waals surface area (Å²) in [5, 5.41) is 3.54. The first-order valence-electron chi connectivity index (χ1n) is 9.00. The largest absolute Gasteiger partial charge is 0.497 e. The summed E-state index contributed by atoms with van der Waals surface area (Å²) in [4.78, 5) is 4.39. The van der Waals surface area contributed by atoms with Gasteiger partial charge in [-0.2, -0.15) is 8.78 Å². The third-order valence-corrected chi connectivity index (χ3v) is 4.90. The zero-order chi connectivity index (χ0) is 19.9. The Morgan fingerprint density at radius 3 is 2.57 bits per heavy atom. The van der Waals surface area contributed by atoms with Gasteiger partial charge in [-0.25, -0.2) is 0 Å². The lowest BCUT2D eigenvalue weighted by Gasteiger charge is -2.36. The fraction of sp³-hybridized carbons (Fsp3) is 0.350. The zero-order valence-corrected chi connectivity index (χ0v) is 16.4. The normalized spacial score (nSPS) is 14.8. The molecule has 1 aliphatic rings. The molecule has 150 valence electrons. The van der Waals surface area contributed by atoms with Crippen molar-refractivity contribution in [3.8, 4) is 11.5 Å². The standard InChI is InChI=1S/C20H23F2N3O2S/c1-26-16-6-4-5-15(13-16)14-24-9-11-25(12-10-24)20(28)23-17-7-2-3-8-18(17)27-19(21)22/h2-8,13,19H,9-12,14H2,1H3,(H,23,28). The van der Waals surface area contributed by atoms with Crippen LogP contribution >= 0.6 is 12.2 Å². The van der Waals surface area contributed by atoms with E-state index in [0.29, 0.717) is 10.8 Å². The number of piperazine rings is 1. The van der Waals surface area contributed by atoms with Gasteiger partial charge in [-0.15, -0.1) is 0 Å². The summed E-state index contributed by atoms with van der Waals surface area (Å²) >= 11 is 5.47. The van der Waals surface area contributed by atoms with Gasteiger partial charge in [0.05, 0.1) is 12.8 Å². The van der Waals surface area contributed by atoms with Gasteiger partial charge in [0.25, 0.3) is 0 Å². The van der Waals surface area contributed by atoms with Gasteiger partial charge in [-0.3, -0.25) is 4.90 Å². The van der Waals surface area contributed by atoms with Crippen LogP contribution in [0.3, 0.4) is 0 Å². The average molecular weight is 407 g/mol. The van der Waals surface area contributed by atoms with Gasteiger partial charge in [-0.1, -0.05) is 24.3 Å². The van der Waals surface area contributed by atoms with E-state index in [1.165, 1.54) is 11.6 Å². The molecule has 1 heterocycles. The minimum absolute atomic E-state index is 0.0801. The molecule has 28 heavy (non-hydrogen) atoms. The molecule has 0 aromatic heterocycles. The molecule has 1 N–H and O–H groups in total. The number of ether oxygens (including phenoxy) is 2. The predicted molar refractivity (Wildman–Crippen MR) is 109 cm³/mol. The zero-order valence-electron chi connectivity index (χ0n) is 15.6. The second-order valence-corrected chi connectivity index (χ2v) is 6.81. The van der Waals surface area contributed by atoms with Crippen molar-refractivity contribution in [2.24, 2.45) is 0 Å². The van der Waals surface area contributed by atoms with Gasteiger partial charge < -0.3 is 19.7 Å². The van der Waals surface area contributed by atoms with E-state index in [4.69, 9.17) is 17.0 Å². The van der Waals surface area contributed by atoms with Crippen LogP contribution in [0.1, 0.15) is 5.56 Å². The van der Waals surface area contributed by atoms with E-state index in [-0.39, 0.29) is 5.75 Å². The highest BCUT2D eigenvalue weighted by atomic mass is 32.1. The molecule has 0 amide bonds. The first-order valence-corrected chi connectivity index (χ1v) is 9.41. The van der Waals surface area contributed by atoms with Gasteiger partial charge in [-0.05, 0) is 42.0 Å². The SMILES string of the molecule is COc1cccc(CN2CCN(C(=S)Nc3ccccc3OC(F)F)CC2)c1. The molecule has 2 aromatic rings. The van der Waals surface area contributed by atoms with Gasteiger partial charge in [0.2, 0.25) is 0 Å². The number of thiocarbonyl (C=S) groups is 1. The van der Waals surface area contributed by atoms with Crippen molar-refractivity contribution in [3.05, 3.63) is 54.1 Å². The van der Waals surface area contributed by atoms with Crippen molar-refractivity contribution in [1.82, 2.24) is 9.80 Å². The molecule has 5 nitrogen and oxygen atoms in total. The van der Waals surface area contributed by atoms with Crippen LogP contribution in [0.4, 0.5) is 14.5 Å². The molecule has 1 aliphatic heterocycles. The first kappa shape index (κ1) is 20.3. The molecule has 3 rings (SSSR count). The molecule has 0 atom stereocenters. The number of rotatable bonds is 6. The Kier molecular flexibility index (Phi) is 7.00. The summed E-state index contributed by atoms with van der Waals surface area (Å²) in [6.45, 7) is 1.19. The Labute approximate surface area is 168 Å². The summed E-state index contributed by atoms with van der Waals surface area (Å²) in [7, 11) is 1.66. The summed E-state index contributed by atoms with van der Waals surface area (Å²) in [5.41, 5.74) is 1.64. The molecule has 0 bridgehead atoms. The molecule has 2 aromatic carbocycles. The summed E-state index contributed by atoms with van der Waals surface area (Å²) in [5.74, 6) is 0.933. The third-order valence-electron chi connectivity index (χ3n) is 4.54. The Hall–Kier alpha value is -2.45. The van der Waals surface area contributed by atoms with Crippen LogP contribution in [0.25, 0.3) is 0 Å². The second kappa shape index (κ2) is 9.66. The molecular formula is C20H23F2N3O2S. The van der Waals surface area contributed by atoms with Crippen molar-refractivity contribution in [3.63, 3.8) is 0 Å². The van der Waals surface area contributed by atoms with Crippen molar-refractivity contribution < 1.29 is 18.3 Å². The van der Waals surface area contributed by atoms with E-state index in [9.17, 15) is 8.78 Å².